The molecule has 0 atom stereocenters. The molecule has 2 aromatic carbocycles. The van der Waals surface area contributed by atoms with Crippen molar-refractivity contribution in [1.82, 2.24) is 4.57 Å². The SMILES string of the molecule is CC(=O)c1cccc2c1ccn2Cc1ccc(Cl)cc1. The van der Waals surface area contributed by atoms with Crippen molar-refractivity contribution in [3.63, 3.8) is 0 Å². The van der Waals surface area contributed by atoms with E-state index < -0.39 is 0 Å². The molecule has 3 heteroatoms. The highest BCUT2D eigenvalue weighted by atomic mass is 35.5. The van der Waals surface area contributed by atoms with Gasteiger partial charge in [0.25, 0.3) is 0 Å². The summed E-state index contributed by atoms with van der Waals surface area (Å²) in [4.78, 5) is 11.6. The first kappa shape index (κ1) is 12.9. The van der Waals surface area contributed by atoms with Gasteiger partial charge in [0.05, 0.1) is 0 Å². The maximum Gasteiger partial charge on any atom is 0.160 e. The second-order valence-electron chi connectivity index (χ2n) is 4.86. The fourth-order valence-corrected chi connectivity index (χ4v) is 2.58. The Morgan fingerprint density at radius 3 is 2.55 bits per heavy atom. The van der Waals surface area contributed by atoms with Crippen molar-refractivity contribution < 1.29 is 4.79 Å². The van der Waals surface area contributed by atoms with Gasteiger partial charge in [-0.15, -0.1) is 0 Å². The van der Waals surface area contributed by atoms with E-state index in [0.29, 0.717) is 0 Å². The first-order chi connectivity index (χ1) is 9.65. The number of hydrogen-bond donors (Lipinski definition) is 0. The highest BCUT2D eigenvalue weighted by Crippen LogP contribution is 2.22. The molecule has 3 aromatic rings. The van der Waals surface area contributed by atoms with Crippen LogP contribution in [-0.2, 0) is 6.54 Å². The Labute approximate surface area is 122 Å². The normalized spacial score (nSPS) is 10.9. The molecule has 0 aliphatic carbocycles. The average molecular weight is 284 g/mol. The number of aromatic nitrogens is 1. The predicted molar refractivity (Wildman–Crippen MR) is 82.5 cm³/mol. The van der Waals surface area contributed by atoms with E-state index in [2.05, 4.69) is 4.57 Å². The first-order valence-electron chi connectivity index (χ1n) is 6.48. The lowest BCUT2D eigenvalue weighted by Crippen LogP contribution is -1.98. The monoisotopic (exact) mass is 283 g/mol. The Morgan fingerprint density at radius 2 is 1.85 bits per heavy atom. The van der Waals surface area contributed by atoms with Gasteiger partial charge in [0.2, 0.25) is 0 Å². The third-order valence-electron chi connectivity index (χ3n) is 3.46. The number of halogens is 1. The molecule has 0 saturated carbocycles. The first-order valence-corrected chi connectivity index (χ1v) is 6.86. The van der Waals surface area contributed by atoms with Crippen LogP contribution in [0.15, 0.2) is 54.7 Å². The summed E-state index contributed by atoms with van der Waals surface area (Å²) in [6, 6.07) is 15.7. The van der Waals surface area contributed by atoms with E-state index in [-0.39, 0.29) is 5.78 Å². The summed E-state index contributed by atoms with van der Waals surface area (Å²) < 4.78 is 2.14. The topological polar surface area (TPSA) is 22.0 Å². The van der Waals surface area contributed by atoms with Gasteiger partial charge < -0.3 is 4.57 Å². The summed E-state index contributed by atoms with van der Waals surface area (Å²) in [6.07, 6.45) is 2.02. The Morgan fingerprint density at radius 1 is 1.10 bits per heavy atom. The van der Waals surface area contributed by atoms with Crippen molar-refractivity contribution in [2.45, 2.75) is 13.5 Å². The van der Waals surface area contributed by atoms with Crippen molar-refractivity contribution in [2.75, 3.05) is 0 Å². The summed E-state index contributed by atoms with van der Waals surface area (Å²) in [5.74, 6) is 0.0971. The zero-order valence-corrected chi connectivity index (χ0v) is 11.9. The number of fused-ring (bicyclic) bond motifs is 1. The molecule has 0 spiro atoms. The molecule has 1 heterocycles. The minimum absolute atomic E-state index is 0.0971. The molecule has 3 rings (SSSR count). The van der Waals surface area contributed by atoms with Gasteiger partial charge in [-0.3, -0.25) is 4.79 Å². The Balaban J connectivity index is 2.03. The Kier molecular flexibility index (Phi) is 3.33. The lowest BCUT2D eigenvalue weighted by atomic mass is 10.1. The molecular formula is C17H14ClNO. The maximum atomic E-state index is 11.6. The van der Waals surface area contributed by atoms with Crippen LogP contribution in [0.2, 0.25) is 5.02 Å². The molecule has 0 aliphatic heterocycles. The minimum atomic E-state index is 0.0971. The molecule has 100 valence electrons. The van der Waals surface area contributed by atoms with Gasteiger partial charge in [-0.1, -0.05) is 35.9 Å². The van der Waals surface area contributed by atoms with Gasteiger partial charge in [-0.05, 0) is 36.8 Å². The summed E-state index contributed by atoms with van der Waals surface area (Å²) in [5.41, 5.74) is 3.03. The highest BCUT2D eigenvalue weighted by Gasteiger charge is 2.08. The fraction of sp³-hybridized carbons (Fsp3) is 0.118. The molecule has 0 N–H and O–H groups in total. The van der Waals surface area contributed by atoms with Crippen LogP contribution in [-0.4, -0.2) is 10.4 Å². The van der Waals surface area contributed by atoms with E-state index in [9.17, 15) is 4.79 Å². The summed E-state index contributed by atoms with van der Waals surface area (Å²) in [6.45, 7) is 2.37. The van der Waals surface area contributed by atoms with Crippen LogP contribution >= 0.6 is 11.6 Å². The molecule has 0 radical (unpaired) electrons. The summed E-state index contributed by atoms with van der Waals surface area (Å²) >= 11 is 5.90. The number of hydrogen-bond acceptors (Lipinski definition) is 1. The molecular weight excluding hydrogens is 270 g/mol. The zero-order chi connectivity index (χ0) is 14.1. The van der Waals surface area contributed by atoms with E-state index >= 15 is 0 Å². The van der Waals surface area contributed by atoms with E-state index in [0.717, 1.165) is 28.0 Å². The smallest absolute Gasteiger partial charge is 0.160 e. The van der Waals surface area contributed by atoms with E-state index in [4.69, 9.17) is 11.6 Å². The lowest BCUT2D eigenvalue weighted by molar-refractivity contribution is 0.101. The Hall–Kier alpha value is -2.06. The van der Waals surface area contributed by atoms with Crippen LogP contribution in [0.3, 0.4) is 0 Å². The molecule has 0 unspecified atom stereocenters. The van der Waals surface area contributed by atoms with Crippen molar-refractivity contribution in [3.8, 4) is 0 Å². The van der Waals surface area contributed by atoms with Crippen LogP contribution < -0.4 is 0 Å². The maximum absolute atomic E-state index is 11.6. The van der Waals surface area contributed by atoms with Crippen molar-refractivity contribution in [1.29, 1.82) is 0 Å². The van der Waals surface area contributed by atoms with Gasteiger partial charge in [-0.25, -0.2) is 0 Å². The van der Waals surface area contributed by atoms with Crippen molar-refractivity contribution in [3.05, 3.63) is 70.9 Å². The molecule has 0 bridgehead atoms. The minimum Gasteiger partial charge on any atom is -0.343 e. The summed E-state index contributed by atoms with van der Waals surface area (Å²) in [5, 5.41) is 1.75. The van der Waals surface area contributed by atoms with E-state index in [1.807, 2.05) is 54.7 Å². The zero-order valence-electron chi connectivity index (χ0n) is 11.1. The number of carbonyl (C=O) groups is 1. The average Bonchev–Trinajstić information content (AvgIpc) is 2.84. The highest BCUT2D eigenvalue weighted by molar-refractivity contribution is 6.30. The van der Waals surface area contributed by atoms with E-state index in [1.165, 1.54) is 5.56 Å². The second kappa shape index (κ2) is 5.14. The van der Waals surface area contributed by atoms with Crippen LogP contribution in [0, 0.1) is 0 Å². The molecule has 20 heavy (non-hydrogen) atoms. The van der Waals surface area contributed by atoms with Crippen LogP contribution in [0.5, 0.6) is 0 Å². The van der Waals surface area contributed by atoms with Crippen molar-refractivity contribution in [2.24, 2.45) is 0 Å². The molecule has 2 nitrogen and oxygen atoms in total. The third-order valence-corrected chi connectivity index (χ3v) is 3.71. The fourth-order valence-electron chi connectivity index (χ4n) is 2.45. The number of rotatable bonds is 3. The van der Waals surface area contributed by atoms with Gasteiger partial charge in [0, 0.05) is 34.2 Å². The second-order valence-corrected chi connectivity index (χ2v) is 5.30. The van der Waals surface area contributed by atoms with Gasteiger partial charge >= 0.3 is 0 Å². The lowest BCUT2D eigenvalue weighted by Gasteiger charge is -2.07. The number of nitrogens with zero attached hydrogens (tertiary/aromatic N) is 1. The van der Waals surface area contributed by atoms with Crippen LogP contribution in [0.1, 0.15) is 22.8 Å². The molecule has 0 amide bonds. The predicted octanol–water partition coefficient (Wildman–Crippen LogP) is 4.55. The van der Waals surface area contributed by atoms with Gasteiger partial charge in [0.1, 0.15) is 0 Å². The summed E-state index contributed by atoms with van der Waals surface area (Å²) in [7, 11) is 0. The number of ketones is 1. The molecule has 0 fully saturated rings. The number of benzene rings is 2. The van der Waals surface area contributed by atoms with Crippen LogP contribution in [0.25, 0.3) is 10.9 Å². The number of Topliss-reactive ketones (excluding diaryl/α,β-unsaturated/α-hetero) is 1. The number of carbonyl (C=O) groups excluding carboxylic acids is 1. The molecule has 0 aliphatic rings. The third kappa shape index (κ3) is 2.35. The molecule has 0 saturated heterocycles. The largest absolute Gasteiger partial charge is 0.343 e. The quantitative estimate of drug-likeness (QED) is 0.647. The molecule has 1 aromatic heterocycles. The van der Waals surface area contributed by atoms with Gasteiger partial charge in [-0.2, -0.15) is 0 Å². The van der Waals surface area contributed by atoms with Crippen molar-refractivity contribution >= 4 is 28.3 Å². The standard InChI is InChI=1S/C17H14ClNO/c1-12(20)15-3-2-4-17-16(15)9-10-19(17)11-13-5-7-14(18)8-6-13/h2-10H,11H2,1H3. The van der Waals surface area contributed by atoms with E-state index in [1.54, 1.807) is 6.92 Å². The Bertz CT molecular complexity index is 771. The van der Waals surface area contributed by atoms with Crippen LogP contribution in [0.4, 0.5) is 0 Å². The van der Waals surface area contributed by atoms with Gasteiger partial charge in [0.15, 0.2) is 5.78 Å².